The molecule has 0 aliphatic heterocycles. The van der Waals surface area contributed by atoms with Crippen LogP contribution >= 0.6 is 11.6 Å². The first kappa shape index (κ1) is 22.1. The smallest absolute Gasteiger partial charge is 0.320 e. The molecule has 9 nitrogen and oxygen atoms in total. The number of alkyl halides is 3. The standard InChI is InChI=1S/C20H14ClF3N8O/c1-11(2)13-9-25-4-3-16(13)31-17(20(22,23)24)14(10-29-31)19(33)30-12-7-15(21)18(26-8-12)32-27-5-6-28-32/h3-10H,1H2,2H3,(H,30,33). The van der Waals surface area contributed by atoms with E-state index in [2.05, 4.69) is 37.2 Å². The molecule has 0 spiro atoms. The lowest BCUT2D eigenvalue weighted by molar-refractivity contribution is -0.143. The molecule has 4 rings (SSSR count). The van der Waals surface area contributed by atoms with Crippen molar-refractivity contribution in [2.45, 2.75) is 13.1 Å². The molecule has 0 bridgehead atoms. The third kappa shape index (κ3) is 4.32. The summed E-state index contributed by atoms with van der Waals surface area (Å²) in [6, 6.07) is 2.69. The zero-order chi connectivity index (χ0) is 23.8. The third-order valence-corrected chi connectivity index (χ3v) is 4.73. The highest BCUT2D eigenvalue weighted by molar-refractivity contribution is 6.32. The minimum Gasteiger partial charge on any atom is -0.320 e. The highest BCUT2D eigenvalue weighted by atomic mass is 35.5. The van der Waals surface area contributed by atoms with Crippen molar-refractivity contribution in [2.24, 2.45) is 0 Å². The number of pyridine rings is 2. The summed E-state index contributed by atoms with van der Waals surface area (Å²) >= 11 is 6.16. The van der Waals surface area contributed by atoms with Gasteiger partial charge in [-0.05, 0) is 24.6 Å². The maximum absolute atomic E-state index is 14.0. The van der Waals surface area contributed by atoms with Crippen molar-refractivity contribution in [1.29, 1.82) is 0 Å². The van der Waals surface area contributed by atoms with Crippen molar-refractivity contribution < 1.29 is 18.0 Å². The Labute approximate surface area is 189 Å². The summed E-state index contributed by atoms with van der Waals surface area (Å²) in [5, 5.41) is 14.1. The number of carbonyl (C=O) groups is 1. The summed E-state index contributed by atoms with van der Waals surface area (Å²) in [6.45, 7) is 5.39. The molecule has 4 aromatic heterocycles. The number of hydrogen-bond acceptors (Lipinski definition) is 6. The molecular weight excluding hydrogens is 461 g/mol. The molecule has 33 heavy (non-hydrogen) atoms. The summed E-state index contributed by atoms with van der Waals surface area (Å²) in [6.07, 6.45) is 2.73. The summed E-state index contributed by atoms with van der Waals surface area (Å²) in [4.78, 5) is 21.9. The zero-order valence-electron chi connectivity index (χ0n) is 16.9. The van der Waals surface area contributed by atoms with E-state index in [9.17, 15) is 18.0 Å². The van der Waals surface area contributed by atoms with Crippen LogP contribution in [0.4, 0.5) is 18.9 Å². The fourth-order valence-electron chi connectivity index (χ4n) is 3.04. The van der Waals surface area contributed by atoms with Gasteiger partial charge in [0, 0.05) is 18.0 Å². The summed E-state index contributed by atoms with van der Waals surface area (Å²) in [7, 11) is 0. The van der Waals surface area contributed by atoms with E-state index in [1.807, 2.05) is 0 Å². The second-order valence-electron chi connectivity index (χ2n) is 6.79. The van der Waals surface area contributed by atoms with Gasteiger partial charge in [0.25, 0.3) is 5.91 Å². The molecule has 1 N–H and O–H groups in total. The quantitative estimate of drug-likeness (QED) is 0.465. The molecule has 0 aromatic carbocycles. The van der Waals surface area contributed by atoms with Gasteiger partial charge in [0.2, 0.25) is 0 Å². The Morgan fingerprint density at radius 3 is 2.45 bits per heavy atom. The number of allylic oxidation sites excluding steroid dienone is 1. The molecule has 0 aliphatic carbocycles. The van der Waals surface area contributed by atoms with Crippen LogP contribution < -0.4 is 5.32 Å². The Hall–Kier alpha value is -4.06. The first-order valence-corrected chi connectivity index (χ1v) is 9.63. The number of carbonyl (C=O) groups excluding carboxylic acids is 1. The Balaban J connectivity index is 1.71. The van der Waals surface area contributed by atoms with E-state index in [4.69, 9.17) is 11.6 Å². The maximum atomic E-state index is 14.0. The Bertz CT molecular complexity index is 1350. The fourth-order valence-corrected chi connectivity index (χ4v) is 3.28. The van der Waals surface area contributed by atoms with Crippen LogP contribution in [0.25, 0.3) is 17.1 Å². The van der Waals surface area contributed by atoms with Gasteiger partial charge in [0.05, 0.1) is 46.7 Å². The van der Waals surface area contributed by atoms with E-state index in [-0.39, 0.29) is 22.2 Å². The Morgan fingerprint density at radius 1 is 1.09 bits per heavy atom. The lowest BCUT2D eigenvalue weighted by Gasteiger charge is -2.15. The van der Waals surface area contributed by atoms with Crippen molar-refractivity contribution in [3.05, 3.63) is 77.7 Å². The molecular formula is C20H14ClF3N8O. The van der Waals surface area contributed by atoms with Crippen LogP contribution in [-0.2, 0) is 6.18 Å². The number of anilines is 1. The minimum absolute atomic E-state index is 0.0771. The molecule has 4 aromatic rings. The lowest BCUT2D eigenvalue weighted by atomic mass is 10.1. The highest BCUT2D eigenvalue weighted by Gasteiger charge is 2.41. The molecule has 0 saturated heterocycles. The topological polar surface area (TPSA) is 103 Å². The predicted molar refractivity (Wildman–Crippen MR) is 113 cm³/mol. The first-order chi connectivity index (χ1) is 15.7. The molecule has 168 valence electrons. The maximum Gasteiger partial charge on any atom is 0.434 e. The Morgan fingerprint density at radius 2 is 1.82 bits per heavy atom. The van der Waals surface area contributed by atoms with Gasteiger partial charge in [-0.15, -0.1) is 4.80 Å². The number of hydrogen-bond donors (Lipinski definition) is 1. The second kappa shape index (κ2) is 8.47. The number of nitrogens with zero attached hydrogens (tertiary/aromatic N) is 7. The Kier molecular flexibility index (Phi) is 5.68. The van der Waals surface area contributed by atoms with Crippen molar-refractivity contribution in [2.75, 3.05) is 5.32 Å². The molecule has 0 saturated carbocycles. The molecule has 0 fully saturated rings. The molecule has 0 radical (unpaired) electrons. The van der Waals surface area contributed by atoms with Gasteiger partial charge in [-0.25, -0.2) is 9.67 Å². The van der Waals surface area contributed by atoms with Crippen LogP contribution in [0.2, 0.25) is 5.02 Å². The summed E-state index contributed by atoms with van der Waals surface area (Å²) in [5.74, 6) is -0.851. The van der Waals surface area contributed by atoms with Crippen LogP contribution in [0.15, 0.2) is 55.9 Å². The molecule has 0 unspecified atom stereocenters. The minimum atomic E-state index is -4.88. The monoisotopic (exact) mass is 474 g/mol. The van der Waals surface area contributed by atoms with E-state index in [0.717, 1.165) is 11.0 Å². The van der Waals surface area contributed by atoms with E-state index >= 15 is 0 Å². The number of rotatable bonds is 5. The van der Waals surface area contributed by atoms with E-state index in [0.29, 0.717) is 15.8 Å². The van der Waals surface area contributed by atoms with Gasteiger partial charge in [-0.1, -0.05) is 18.2 Å². The van der Waals surface area contributed by atoms with Gasteiger partial charge >= 0.3 is 6.18 Å². The van der Waals surface area contributed by atoms with Crippen LogP contribution in [-0.4, -0.2) is 40.6 Å². The van der Waals surface area contributed by atoms with Gasteiger partial charge in [-0.2, -0.15) is 28.5 Å². The fraction of sp³-hybridized carbons (Fsp3) is 0.100. The lowest BCUT2D eigenvalue weighted by Crippen LogP contribution is -2.21. The normalized spacial score (nSPS) is 11.4. The van der Waals surface area contributed by atoms with Crippen molar-refractivity contribution in [3.63, 3.8) is 0 Å². The average molecular weight is 475 g/mol. The SMILES string of the molecule is C=C(C)c1cnccc1-n1ncc(C(=O)Nc2cnc(-n3nccn3)c(Cl)c2)c1C(F)(F)F. The van der Waals surface area contributed by atoms with Crippen LogP contribution in [0.3, 0.4) is 0 Å². The van der Waals surface area contributed by atoms with Crippen molar-refractivity contribution in [3.8, 4) is 11.5 Å². The molecule has 0 atom stereocenters. The number of aromatic nitrogens is 7. The van der Waals surface area contributed by atoms with Crippen molar-refractivity contribution >= 4 is 28.8 Å². The summed E-state index contributed by atoms with van der Waals surface area (Å²) in [5.41, 5.74) is -0.916. The van der Waals surface area contributed by atoms with Gasteiger partial charge < -0.3 is 5.32 Å². The third-order valence-electron chi connectivity index (χ3n) is 4.46. The number of nitrogens with one attached hydrogen (secondary N) is 1. The largest absolute Gasteiger partial charge is 0.434 e. The molecule has 1 amide bonds. The van der Waals surface area contributed by atoms with E-state index in [1.54, 1.807) is 6.92 Å². The van der Waals surface area contributed by atoms with Crippen LogP contribution in [0, 0.1) is 0 Å². The molecule has 13 heteroatoms. The highest BCUT2D eigenvalue weighted by Crippen LogP contribution is 2.35. The van der Waals surface area contributed by atoms with Gasteiger partial charge in [-0.3, -0.25) is 9.78 Å². The number of halogens is 4. The zero-order valence-corrected chi connectivity index (χ0v) is 17.6. The molecule has 4 heterocycles. The second-order valence-corrected chi connectivity index (χ2v) is 7.20. The summed E-state index contributed by atoms with van der Waals surface area (Å²) < 4.78 is 42.7. The number of amides is 1. The van der Waals surface area contributed by atoms with E-state index in [1.165, 1.54) is 43.1 Å². The van der Waals surface area contributed by atoms with E-state index < -0.39 is 23.3 Å². The van der Waals surface area contributed by atoms with Crippen molar-refractivity contribution in [1.82, 2.24) is 34.7 Å². The predicted octanol–water partition coefficient (Wildman–Crippen LogP) is 4.20. The van der Waals surface area contributed by atoms with Crippen LogP contribution in [0.1, 0.15) is 28.5 Å². The van der Waals surface area contributed by atoms with Crippen LogP contribution in [0.5, 0.6) is 0 Å². The van der Waals surface area contributed by atoms with Gasteiger partial charge in [0.1, 0.15) is 0 Å². The molecule has 0 aliphatic rings. The average Bonchev–Trinajstić information content (AvgIpc) is 3.44. The first-order valence-electron chi connectivity index (χ1n) is 9.26. The van der Waals surface area contributed by atoms with Gasteiger partial charge in [0.15, 0.2) is 11.5 Å².